The highest BCUT2D eigenvalue weighted by molar-refractivity contribution is 7.18. The third-order valence-corrected chi connectivity index (χ3v) is 8.05. The number of carbonyl (C=O) groups is 2. The van der Waals surface area contributed by atoms with E-state index in [1.807, 2.05) is 68.4 Å². The summed E-state index contributed by atoms with van der Waals surface area (Å²) in [6, 6.07) is 17.4. The van der Waals surface area contributed by atoms with Gasteiger partial charge in [-0.2, -0.15) is 0 Å². The van der Waals surface area contributed by atoms with Gasteiger partial charge < -0.3 is 10.0 Å². The first-order valence-electron chi connectivity index (χ1n) is 11.8. The summed E-state index contributed by atoms with van der Waals surface area (Å²) in [6.45, 7) is 6.13. The lowest BCUT2D eigenvalue weighted by molar-refractivity contribution is -0.123. The van der Waals surface area contributed by atoms with E-state index in [2.05, 4.69) is 6.92 Å². The van der Waals surface area contributed by atoms with Crippen LogP contribution in [-0.2, 0) is 4.79 Å². The van der Waals surface area contributed by atoms with Crippen LogP contribution in [0.1, 0.15) is 56.1 Å². The van der Waals surface area contributed by atoms with Crippen molar-refractivity contribution in [1.82, 2.24) is 0 Å². The molecule has 0 unspecified atom stereocenters. The Hall–Kier alpha value is -2.63. The highest BCUT2D eigenvalue weighted by atomic mass is 35.5. The molecule has 4 nitrogen and oxygen atoms in total. The number of carboxylic acids is 1. The Morgan fingerprint density at radius 3 is 2.00 bits per heavy atom. The van der Waals surface area contributed by atoms with Crippen LogP contribution >= 0.6 is 22.9 Å². The largest absolute Gasteiger partial charge is 0.477 e. The summed E-state index contributed by atoms with van der Waals surface area (Å²) in [5, 5.41) is 10.7. The van der Waals surface area contributed by atoms with Crippen LogP contribution in [0.5, 0.6) is 0 Å². The molecule has 0 bridgehead atoms. The van der Waals surface area contributed by atoms with E-state index >= 15 is 0 Å². The second-order valence-electron chi connectivity index (χ2n) is 9.47. The van der Waals surface area contributed by atoms with E-state index in [-0.39, 0.29) is 22.7 Å². The summed E-state index contributed by atoms with van der Waals surface area (Å²) in [7, 11) is 0. The molecule has 2 aromatic carbocycles. The van der Waals surface area contributed by atoms with Gasteiger partial charge in [0.05, 0.1) is 5.69 Å². The molecule has 0 radical (unpaired) electrons. The quantitative estimate of drug-likeness (QED) is 0.376. The first kappa shape index (κ1) is 24.5. The number of aromatic carboxylic acids is 1. The van der Waals surface area contributed by atoms with Crippen LogP contribution in [0, 0.1) is 11.8 Å². The summed E-state index contributed by atoms with van der Waals surface area (Å²) >= 11 is 7.22. The maximum atomic E-state index is 13.5. The monoisotopic (exact) mass is 495 g/mol. The normalized spacial score (nSPS) is 18.1. The molecular weight excluding hydrogens is 466 g/mol. The fourth-order valence-electron chi connectivity index (χ4n) is 4.68. The van der Waals surface area contributed by atoms with E-state index in [4.69, 9.17) is 11.6 Å². The van der Waals surface area contributed by atoms with Crippen molar-refractivity contribution in [2.75, 3.05) is 4.90 Å². The van der Waals surface area contributed by atoms with Crippen molar-refractivity contribution < 1.29 is 14.7 Å². The summed E-state index contributed by atoms with van der Waals surface area (Å²) < 4.78 is 0. The smallest absolute Gasteiger partial charge is 0.348 e. The first-order chi connectivity index (χ1) is 16.2. The molecule has 1 saturated carbocycles. The number of benzene rings is 2. The van der Waals surface area contributed by atoms with E-state index in [0.717, 1.165) is 47.3 Å². The molecule has 1 fully saturated rings. The predicted octanol–water partition coefficient (Wildman–Crippen LogP) is 8.00. The molecule has 4 rings (SSSR count). The van der Waals surface area contributed by atoms with Crippen molar-refractivity contribution in [1.29, 1.82) is 0 Å². The van der Waals surface area contributed by atoms with Gasteiger partial charge in [-0.3, -0.25) is 4.79 Å². The zero-order valence-electron chi connectivity index (χ0n) is 19.8. The Balaban J connectivity index is 1.66. The van der Waals surface area contributed by atoms with Gasteiger partial charge in [0.25, 0.3) is 0 Å². The molecule has 1 aliphatic rings. The Morgan fingerprint density at radius 2 is 1.47 bits per heavy atom. The molecule has 1 N–H and O–H groups in total. The second-order valence-corrected chi connectivity index (χ2v) is 11.0. The summed E-state index contributed by atoms with van der Waals surface area (Å²) in [5.74, 6) is -0.344. The van der Waals surface area contributed by atoms with Crippen LogP contribution in [0.4, 0.5) is 5.69 Å². The van der Waals surface area contributed by atoms with Gasteiger partial charge in [-0.15, -0.1) is 11.3 Å². The minimum atomic E-state index is -1.00. The van der Waals surface area contributed by atoms with Crippen LogP contribution in [-0.4, -0.2) is 23.0 Å². The van der Waals surface area contributed by atoms with Crippen molar-refractivity contribution in [3.05, 3.63) is 64.5 Å². The van der Waals surface area contributed by atoms with Crippen molar-refractivity contribution in [2.24, 2.45) is 11.8 Å². The fourth-order valence-corrected chi connectivity index (χ4v) is 5.80. The lowest BCUT2D eigenvalue weighted by Gasteiger charge is -2.33. The second kappa shape index (κ2) is 10.3. The molecule has 1 heterocycles. The minimum Gasteiger partial charge on any atom is -0.477 e. The van der Waals surface area contributed by atoms with E-state index in [0.29, 0.717) is 16.6 Å². The van der Waals surface area contributed by atoms with Gasteiger partial charge in [0.2, 0.25) is 5.91 Å². The van der Waals surface area contributed by atoms with Crippen molar-refractivity contribution in [2.45, 2.75) is 52.5 Å². The summed E-state index contributed by atoms with van der Waals surface area (Å²) in [5.41, 5.74) is 3.56. The number of halogens is 1. The van der Waals surface area contributed by atoms with Crippen LogP contribution in [0.25, 0.3) is 21.6 Å². The van der Waals surface area contributed by atoms with Gasteiger partial charge >= 0.3 is 5.97 Å². The van der Waals surface area contributed by atoms with E-state index < -0.39 is 5.97 Å². The van der Waals surface area contributed by atoms with Crippen molar-refractivity contribution in [3.63, 3.8) is 0 Å². The Bertz CT molecular complexity index is 1160. The maximum absolute atomic E-state index is 13.5. The van der Waals surface area contributed by atoms with E-state index in [1.165, 1.54) is 11.3 Å². The molecule has 0 atom stereocenters. The Labute approximate surface area is 210 Å². The number of anilines is 1. The molecule has 0 saturated heterocycles. The Morgan fingerprint density at radius 1 is 0.941 bits per heavy atom. The topological polar surface area (TPSA) is 57.6 Å². The van der Waals surface area contributed by atoms with Crippen LogP contribution in [0.3, 0.4) is 0 Å². The number of hydrogen-bond donors (Lipinski definition) is 1. The van der Waals surface area contributed by atoms with Gasteiger partial charge in [-0.05, 0) is 80.3 Å². The average Bonchev–Trinajstić information content (AvgIpc) is 3.25. The van der Waals surface area contributed by atoms with Gasteiger partial charge in [-0.25, -0.2) is 4.79 Å². The van der Waals surface area contributed by atoms with Gasteiger partial charge in [0, 0.05) is 21.9 Å². The summed E-state index contributed by atoms with van der Waals surface area (Å²) in [4.78, 5) is 28.4. The SMILES string of the molecule is CC(C)N(c1cc(-c2ccc(-c3ccc(Cl)cc3)cc2)sc1C(=O)O)C(=O)[C@H]1CC[C@H](C)CC1. The summed E-state index contributed by atoms with van der Waals surface area (Å²) in [6.07, 6.45) is 3.83. The molecule has 6 heteroatoms. The maximum Gasteiger partial charge on any atom is 0.348 e. The number of nitrogens with zero attached hydrogens (tertiary/aromatic N) is 1. The zero-order chi connectivity index (χ0) is 24.4. The first-order valence-corrected chi connectivity index (χ1v) is 13.0. The average molecular weight is 496 g/mol. The molecule has 1 amide bonds. The number of rotatable bonds is 6. The number of hydrogen-bond acceptors (Lipinski definition) is 3. The van der Waals surface area contributed by atoms with Crippen molar-refractivity contribution in [3.8, 4) is 21.6 Å². The molecule has 178 valence electrons. The third kappa shape index (κ3) is 5.21. The predicted molar refractivity (Wildman–Crippen MR) is 141 cm³/mol. The molecule has 0 spiro atoms. The highest BCUT2D eigenvalue weighted by Gasteiger charge is 2.33. The molecule has 1 aliphatic carbocycles. The molecule has 0 aliphatic heterocycles. The lowest BCUT2D eigenvalue weighted by atomic mass is 9.82. The lowest BCUT2D eigenvalue weighted by Crippen LogP contribution is -2.42. The van der Waals surface area contributed by atoms with Crippen molar-refractivity contribution >= 4 is 40.5 Å². The molecule has 34 heavy (non-hydrogen) atoms. The fraction of sp³-hybridized carbons (Fsp3) is 0.357. The number of carboxylic acid groups (broad SMARTS) is 1. The van der Waals surface area contributed by atoms with E-state index in [9.17, 15) is 14.7 Å². The standard InChI is InChI=1S/C28H30ClNO3S/c1-17(2)30(27(31)22-6-4-18(3)5-7-22)24-16-25(34-26(24)28(32)33)21-10-8-19(9-11-21)20-12-14-23(29)15-13-20/h8-18,22H,4-7H2,1-3H3,(H,32,33)/t18-,22-. The molecule has 1 aromatic heterocycles. The number of thiophene rings is 1. The van der Waals surface area contributed by atoms with Crippen LogP contribution in [0.2, 0.25) is 5.02 Å². The third-order valence-electron chi connectivity index (χ3n) is 6.63. The number of carbonyl (C=O) groups excluding carboxylic acids is 1. The molecule has 3 aromatic rings. The van der Waals surface area contributed by atoms with Crippen LogP contribution < -0.4 is 4.90 Å². The number of amides is 1. The van der Waals surface area contributed by atoms with Gasteiger partial charge in [0.1, 0.15) is 4.88 Å². The molecular formula is C28H30ClNO3S. The zero-order valence-corrected chi connectivity index (χ0v) is 21.3. The van der Waals surface area contributed by atoms with Gasteiger partial charge in [0.15, 0.2) is 0 Å². The van der Waals surface area contributed by atoms with Gasteiger partial charge in [-0.1, -0.05) is 54.9 Å². The van der Waals surface area contributed by atoms with E-state index in [1.54, 1.807) is 4.90 Å². The van der Waals surface area contributed by atoms with Crippen LogP contribution in [0.15, 0.2) is 54.6 Å². The minimum absolute atomic E-state index is 0.0396. The Kier molecular flexibility index (Phi) is 7.44. The highest BCUT2D eigenvalue weighted by Crippen LogP contribution is 2.40.